The molecule has 0 amide bonds. The van der Waals surface area contributed by atoms with Gasteiger partial charge < -0.3 is 19.6 Å². The van der Waals surface area contributed by atoms with E-state index >= 15 is 0 Å². The highest BCUT2D eigenvalue weighted by molar-refractivity contribution is 7.46. The fourth-order valence-corrected chi connectivity index (χ4v) is 2.74. The van der Waals surface area contributed by atoms with E-state index in [4.69, 9.17) is 14.5 Å². The van der Waals surface area contributed by atoms with Crippen LogP contribution < -0.4 is 0 Å². The highest BCUT2D eigenvalue weighted by Crippen LogP contribution is 2.44. The van der Waals surface area contributed by atoms with E-state index in [1.54, 1.807) is 0 Å². The summed E-state index contributed by atoms with van der Waals surface area (Å²) in [6.45, 7) is 1.63. The van der Waals surface area contributed by atoms with Crippen LogP contribution in [0.4, 0.5) is 0 Å². The van der Waals surface area contributed by atoms with E-state index in [1.165, 1.54) is 0 Å². The first-order valence-electron chi connectivity index (χ1n) is 5.96. The van der Waals surface area contributed by atoms with Gasteiger partial charge in [-0.15, -0.1) is 0 Å². The summed E-state index contributed by atoms with van der Waals surface area (Å²) in [6, 6.07) is 7.66. The predicted octanol–water partition coefficient (Wildman–Crippen LogP) is 1.30. The van der Waals surface area contributed by atoms with Gasteiger partial charge in [-0.25, -0.2) is 4.57 Å². The molecule has 6 nitrogen and oxygen atoms in total. The molecule has 1 aliphatic rings. The van der Waals surface area contributed by atoms with Crippen LogP contribution in [-0.2, 0) is 13.8 Å². The van der Waals surface area contributed by atoms with Gasteiger partial charge >= 0.3 is 7.82 Å². The van der Waals surface area contributed by atoms with Gasteiger partial charge in [-0.2, -0.15) is 0 Å². The molecule has 3 atom stereocenters. The number of aryl methyl sites for hydroxylation is 1. The summed E-state index contributed by atoms with van der Waals surface area (Å²) >= 11 is 0. The van der Waals surface area contributed by atoms with Gasteiger partial charge in [0.15, 0.2) is 0 Å². The Morgan fingerprint density at radius 2 is 2.00 bits per heavy atom. The van der Waals surface area contributed by atoms with E-state index in [9.17, 15) is 9.67 Å². The molecule has 0 radical (unpaired) electrons. The van der Waals surface area contributed by atoms with Crippen molar-refractivity contribution in [1.29, 1.82) is 0 Å². The van der Waals surface area contributed by atoms with Crippen LogP contribution >= 0.6 is 7.82 Å². The lowest BCUT2D eigenvalue weighted by molar-refractivity contribution is -0.0221. The molecule has 7 heteroatoms. The highest BCUT2D eigenvalue weighted by atomic mass is 31.2. The van der Waals surface area contributed by atoms with Crippen molar-refractivity contribution in [3.8, 4) is 0 Å². The quantitative estimate of drug-likeness (QED) is 0.723. The number of phosphoric acid groups is 1. The minimum atomic E-state index is -4.58. The topological polar surface area (TPSA) is 96.2 Å². The largest absolute Gasteiger partial charge is 0.469 e. The molecule has 1 aromatic carbocycles. The Balaban J connectivity index is 2.10. The first-order valence-corrected chi connectivity index (χ1v) is 7.49. The molecule has 1 aromatic rings. The predicted molar refractivity (Wildman–Crippen MR) is 67.4 cm³/mol. The van der Waals surface area contributed by atoms with Crippen molar-refractivity contribution in [3.63, 3.8) is 0 Å². The van der Waals surface area contributed by atoms with Crippen molar-refractivity contribution in [2.75, 3.05) is 6.61 Å². The van der Waals surface area contributed by atoms with Gasteiger partial charge in [-0.1, -0.05) is 29.8 Å². The maximum Gasteiger partial charge on any atom is 0.469 e. The third-order valence-corrected chi connectivity index (χ3v) is 3.65. The first-order chi connectivity index (χ1) is 8.89. The molecule has 0 bridgehead atoms. The smallest absolute Gasteiger partial charge is 0.394 e. The molecular weight excluding hydrogens is 271 g/mol. The van der Waals surface area contributed by atoms with Gasteiger partial charge in [-0.05, 0) is 12.5 Å². The van der Waals surface area contributed by atoms with Crippen LogP contribution in [0, 0.1) is 6.92 Å². The molecule has 2 rings (SSSR count). The second-order valence-corrected chi connectivity index (χ2v) is 5.82. The fourth-order valence-electron chi connectivity index (χ4n) is 2.16. The Morgan fingerprint density at radius 1 is 1.37 bits per heavy atom. The van der Waals surface area contributed by atoms with E-state index in [0.29, 0.717) is 6.42 Å². The van der Waals surface area contributed by atoms with Crippen molar-refractivity contribution >= 4 is 7.82 Å². The summed E-state index contributed by atoms with van der Waals surface area (Å²) in [5.74, 6) is 0. The number of benzene rings is 1. The minimum absolute atomic E-state index is 0.305. The Kier molecular flexibility index (Phi) is 4.40. The first kappa shape index (κ1) is 14.7. The molecule has 0 saturated carbocycles. The van der Waals surface area contributed by atoms with Gasteiger partial charge in [0, 0.05) is 6.42 Å². The summed E-state index contributed by atoms with van der Waals surface area (Å²) in [4.78, 5) is 17.7. The maximum absolute atomic E-state index is 10.9. The molecule has 106 valence electrons. The maximum atomic E-state index is 10.9. The van der Waals surface area contributed by atoms with Crippen molar-refractivity contribution in [2.45, 2.75) is 31.7 Å². The number of ether oxygens (including phenoxy) is 1. The molecule has 19 heavy (non-hydrogen) atoms. The van der Waals surface area contributed by atoms with E-state index in [-0.39, 0.29) is 12.7 Å². The van der Waals surface area contributed by atoms with Crippen LogP contribution in [0.25, 0.3) is 0 Å². The van der Waals surface area contributed by atoms with Crippen LogP contribution in [0.5, 0.6) is 0 Å². The second-order valence-electron chi connectivity index (χ2n) is 4.63. The van der Waals surface area contributed by atoms with E-state index < -0.39 is 20.0 Å². The molecule has 1 saturated heterocycles. The normalized spacial score (nSPS) is 27.7. The highest BCUT2D eigenvalue weighted by Gasteiger charge is 2.39. The lowest BCUT2D eigenvalue weighted by atomic mass is 10.0. The fraction of sp³-hybridized carbons (Fsp3) is 0.500. The van der Waals surface area contributed by atoms with Crippen molar-refractivity contribution in [2.24, 2.45) is 0 Å². The molecule has 0 aromatic heterocycles. The van der Waals surface area contributed by atoms with Crippen molar-refractivity contribution in [3.05, 3.63) is 35.4 Å². The monoisotopic (exact) mass is 288 g/mol. The third kappa shape index (κ3) is 3.86. The van der Waals surface area contributed by atoms with Crippen LogP contribution in [0.1, 0.15) is 23.7 Å². The number of aliphatic hydroxyl groups excluding tert-OH is 1. The standard InChI is InChI=1S/C12H17O6P/c1-8-2-4-9(5-3-8)10-6-11(12(7-13)17-10)18-19(14,15)16/h2-5,10-13H,6-7H2,1H3,(H2,14,15,16)/t10-,11+,12-/m1/s1. The zero-order valence-corrected chi connectivity index (χ0v) is 11.4. The molecule has 3 N–H and O–H groups in total. The van der Waals surface area contributed by atoms with Crippen molar-refractivity contribution < 1.29 is 28.7 Å². The average molecular weight is 288 g/mol. The van der Waals surface area contributed by atoms with Crippen LogP contribution in [0.2, 0.25) is 0 Å². The summed E-state index contributed by atoms with van der Waals surface area (Å²) in [7, 11) is -4.58. The van der Waals surface area contributed by atoms with Gasteiger partial charge in [0.2, 0.25) is 0 Å². The molecule has 0 aliphatic carbocycles. The molecule has 1 aliphatic heterocycles. The van der Waals surface area contributed by atoms with Gasteiger partial charge in [0.1, 0.15) is 12.2 Å². The molecule has 0 spiro atoms. The number of aliphatic hydroxyl groups is 1. The zero-order chi connectivity index (χ0) is 14.0. The summed E-state index contributed by atoms with van der Waals surface area (Å²) in [5.41, 5.74) is 2.02. The lowest BCUT2D eigenvalue weighted by Gasteiger charge is -2.16. The van der Waals surface area contributed by atoms with Crippen LogP contribution in [-0.4, -0.2) is 33.7 Å². The Labute approximate surface area is 111 Å². The molecule has 1 fully saturated rings. The summed E-state index contributed by atoms with van der Waals surface area (Å²) < 4.78 is 21.1. The van der Waals surface area contributed by atoms with Gasteiger partial charge in [-0.3, -0.25) is 4.52 Å². The lowest BCUT2D eigenvalue weighted by Crippen LogP contribution is -2.26. The van der Waals surface area contributed by atoms with Crippen LogP contribution in [0.15, 0.2) is 24.3 Å². The van der Waals surface area contributed by atoms with E-state index in [0.717, 1.165) is 11.1 Å². The molecule has 0 unspecified atom stereocenters. The van der Waals surface area contributed by atoms with Crippen LogP contribution in [0.3, 0.4) is 0 Å². The molecular formula is C12H17O6P. The number of hydrogen-bond acceptors (Lipinski definition) is 4. The minimum Gasteiger partial charge on any atom is -0.394 e. The third-order valence-electron chi connectivity index (χ3n) is 3.10. The van der Waals surface area contributed by atoms with E-state index in [2.05, 4.69) is 4.52 Å². The zero-order valence-electron chi connectivity index (χ0n) is 10.5. The number of rotatable bonds is 4. The van der Waals surface area contributed by atoms with Gasteiger partial charge in [0.25, 0.3) is 0 Å². The van der Waals surface area contributed by atoms with E-state index in [1.807, 2.05) is 31.2 Å². The number of phosphoric ester groups is 1. The average Bonchev–Trinajstić information content (AvgIpc) is 2.70. The molecule has 1 heterocycles. The SMILES string of the molecule is Cc1ccc([C@H]2C[C@H](OP(=O)(O)O)[C@@H](CO)O2)cc1. The van der Waals surface area contributed by atoms with Gasteiger partial charge in [0.05, 0.1) is 12.7 Å². The second kappa shape index (κ2) is 5.71. The Morgan fingerprint density at radius 3 is 2.53 bits per heavy atom. The Bertz CT molecular complexity index is 468. The van der Waals surface area contributed by atoms with Crippen molar-refractivity contribution in [1.82, 2.24) is 0 Å². The Hall–Kier alpha value is -0.750. The summed E-state index contributed by atoms with van der Waals surface area (Å²) in [5, 5.41) is 9.18. The summed E-state index contributed by atoms with van der Waals surface area (Å²) in [6.07, 6.45) is -1.55. The number of hydrogen-bond donors (Lipinski definition) is 3.